The van der Waals surface area contributed by atoms with Crippen molar-refractivity contribution in [1.82, 2.24) is 9.29 Å². The first-order valence-electron chi connectivity index (χ1n) is 7.92. The summed E-state index contributed by atoms with van der Waals surface area (Å²) in [4.78, 5) is 0. The van der Waals surface area contributed by atoms with Gasteiger partial charge in [-0.3, -0.25) is 4.72 Å². The minimum atomic E-state index is -0.227. The molecular weight excluding hydrogens is 377 g/mol. The molecule has 0 unspecified atom stereocenters. The van der Waals surface area contributed by atoms with Gasteiger partial charge in [0.2, 0.25) is 0 Å². The molecule has 2 aliphatic rings. The lowest BCUT2D eigenvalue weighted by atomic mass is 9.81. The van der Waals surface area contributed by atoms with Crippen LogP contribution in [0.1, 0.15) is 37.3 Å². The number of nitrogens with zero attached hydrogens (tertiary/aromatic N) is 2. The molecule has 2 saturated carbocycles. The van der Waals surface area contributed by atoms with Crippen molar-refractivity contribution in [3.63, 3.8) is 0 Å². The van der Waals surface area contributed by atoms with E-state index in [0.29, 0.717) is 10.5 Å². The molecule has 120 valence electrons. The SMILES string of the molecule is N#CC1CC(n2cc(CNSC3CC3)c3cc(F)c(Br)cc32)C1. The number of fused-ring (bicyclic) bond motifs is 1. The summed E-state index contributed by atoms with van der Waals surface area (Å²) in [6.45, 7) is 0.736. The van der Waals surface area contributed by atoms with Crippen LogP contribution in [-0.4, -0.2) is 9.82 Å². The molecule has 3 nitrogen and oxygen atoms in total. The quantitative estimate of drug-likeness (QED) is 0.732. The second kappa shape index (κ2) is 6.12. The molecule has 4 rings (SSSR count). The maximum atomic E-state index is 14.0. The van der Waals surface area contributed by atoms with Crippen LogP contribution in [0.5, 0.6) is 0 Å². The molecular formula is C17H17BrFN3S. The van der Waals surface area contributed by atoms with E-state index < -0.39 is 0 Å². The first kappa shape index (κ1) is 15.5. The number of benzene rings is 1. The Kier molecular flexibility index (Phi) is 4.12. The predicted octanol–water partition coefficient (Wildman–Crippen LogP) is 4.92. The van der Waals surface area contributed by atoms with Crippen LogP contribution < -0.4 is 4.72 Å². The second-order valence-electron chi connectivity index (χ2n) is 6.43. The van der Waals surface area contributed by atoms with Gasteiger partial charge in [0.25, 0.3) is 0 Å². The van der Waals surface area contributed by atoms with Crippen molar-refractivity contribution in [3.8, 4) is 6.07 Å². The third-order valence-corrected chi connectivity index (χ3v) is 6.41. The summed E-state index contributed by atoms with van der Waals surface area (Å²) in [7, 11) is 0. The molecule has 1 aromatic heterocycles. The molecule has 0 bridgehead atoms. The van der Waals surface area contributed by atoms with Gasteiger partial charge in [-0.05, 0) is 59.3 Å². The fraction of sp³-hybridized carbons (Fsp3) is 0.471. The van der Waals surface area contributed by atoms with Crippen LogP contribution in [0.25, 0.3) is 10.9 Å². The summed E-state index contributed by atoms with van der Waals surface area (Å²) in [5.41, 5.74) is 2.17. The molecule has 2 fully saturated rings. The van der Waals surface area contributed by atoms with Gasteiger partial charge in [-0.15, -0.1) is 0 Å². The van der Waals surface area contributed by atoms with Gasteiger partial charge in [-0.2, -0.15) is 5.26 Å². The molecule has 0 atom stereocenters. The maximum absolute atomic E-state index is 14.0. The monoisotopic (exact) mass is 393 g/mol. The van der Waals surface area contributed by atoms with E-state index >= 15 is 0 Å². The first-order chi connectivity index (χ1) is 11.2. The van der Waals surface area contributed by atoms with Crippen molar-refractivity contribution < 1.29 is 4.39 Å². The van der Waals surface area contributed by atoms with E-state index in [1.807, 2.05) is 6.07 Å². The summed E-state index contributed by atoms with van der Waals surface area (Å²) >= 11 is 5.08. The summed E-state index contributed by atoms with van der Waals surface area (Å²) in [5, 5.41) is 10.7. The minimum absolute atomic E-state index is 0.160. The molecule has 1 N–H and O–H groups in total. The van der Waals surface area contributed by atoms with Crippen molar-refractivity contribution in [2.24, 2.45) is 5.92 Å². The van der Waals surface area contributed by atoms with E-state index in [0.717, 1.165) is 41.1 Å². The van der Waals surface area contributed by atoms with Gasteiger partial charge < -0.3 is 4.57 Å². The molecule has 23 heavy (non-hydrogen) atoms. The summed E-state index contributed by atoms with van der Waals surface area (Å²) in [6, 6.07) is 6.17. The Labute approximate surface area is 147 Å². The highest BCUT2D eigenvalue weighted by molar-refractivity contribution is 9.10. The van der Waals surface area contributed by atoms with Crippen LogP contribution >= 0.6 is 27.9 Å². The van der Waals surface area contributed by atoms with Gasteiger partial charge in [0.15, 0.2) is 0 Å². The molecule has 0 saturated heterocycles. The standard InChI is InChI=1S/C17H17BrFN3S/c18-15-6-17-14(5-16(15)19)11(8-21-23-13-1-2-13)9-22(17)12-3-10(4-12)7-20/h5-6,9-10,12-13,21H,1-4,8H2. The Bertz CT molecular complexity index is 787. The fourth-order valence-electron chi connectivity index (χ4n) is 3.10. The second-order valence-corrected chi connectivity index (χ2v) is 8.48. The number of rotatable bonds is 5. The van der Waals surface area contributed by atoms with E-state index in [1.54, 1.807) is 18.0 Å². The number of aromatic nitrogens is 1. The number of nitrogens with one attached hydrogen (secondary N) is 1. The lowest BCUT2D eigenvalue weighted by Crippen LogP contribution is -2.25. The molecule has 0 amide bonds. The fourth-order valence-corrected chi connectivity index (χ4v) is 4.28. The molecule has 1 heterocycles. The molecule has 1 aromatic carbocycles. The first-order valence-corrected chi connectivity index (χ1v) is 9.59. The third-order valence-electron chi connectivity index (χ3n) is 4.68. The Morgan fingerprint density at radius 1 is 1.39 bits per heavy atom. The number of hydrogen-bond acceptors (Lipinski definition) is 3. The molecule has 0 radical (unpaired) electrons. The van der Waals surface area contributed by atoms with Crippen LogP contribution in [0.4, 0.5) is 4.39 Å². The van der Waals surface area contributed by atoms with Gasteiger partial charge in [0.05, 0.1) is 16.5 Å². The predicted molar refractivity (Wildman–Crippen MR) is 94.4 cm³/mol. The van der Waals surface area contributed by atoms with Crippen molar-refractivity contribution in [3.05, 3.63) is 34.2 Å². The van der Waals surface area contributed by atoms with E-state index in [2.05, 4.69) is 37.5 Å². The van der Waals surface area contributed by atoms with Crippen molar-refractivity contribution in [2.45, 2.75) is 43.5 Å². The van der Waals surface area contributed by atoms with Gasteiger partial charge >= 0.3 is 0 Å². The largest absolute Gasteiger partial charge is 0.344 e. The zero-order chi connectivity index (χ0) is 16.0. The normalized spacial score (nSPS) is 23.7. The molecule has 0 aliphatic heterocycles. The molecule has 6 heteroatoms. The zero-order valence-electron chi connectivity index (χ0n) is 12.6. The highest BCUT2D eigenvalue weighted by atomic mass is 79.9. The molecule has 2 aliphatic carbocycles. The Morgan fingerprint density at radius 3 is 2.87 bits per heavy atom. The smallest absolute Gasteiger partial charge is 0.138 e. The Hall–Kier alpha value is -1.03. The Morgan fingerprint density at radius 2 is 2.17 bits per heavy atom. The lowest BCUT2D eigenvalue weighted by Gasteiger charge is -2.32. The van der Waals surface area contributed by atoms with Crippen molar-refractivity contribution in [2.75, 3.05) is 0 Å². The number of nitriles is 1. The maximum Gasteiger partial charge on any atom is 0.138 e. The number of halogens is 2. The lowest BCUT2D eigenvalue weighted by molar-refractivity contribution is 0.254. The van der Waals surface area contributed by atoms with Crippen LogP contribution in [0.2, 0.25) is 0 Å². The molecule has 0 spiro atoms. The van der Waals surface area contributed by atoms with E-state index in [4.69, 9.17) is 5.26 Å². The van der Waals surface area contributed by atoms with Crippen molar-refractivity contribution >= 4 is 38.8 Å². The molecule has 2 aromatic rings. The van der Waals surface area contributed by atoms with Crippen LogP contribution in [0.15, 0.2) is 22.8 Å². The topological polar surface area (TPSA) is 40.8 Å². The summed E-state index contributed by atoms with van der Waals surface area (Å²) in [5.74, 6) is -0.0665. The zero-order valence-corrected chi connectivity index (χ0v) is 15.0. The third kappa shape index (κ3) is 3.02. The van der Waals surface area contributed by atoms with Gasteiger partial charge in [0, 0.05) is 34.9 Å². The summed E-state index contributed by atoms with van der Waals surface area (Å²) in [6.07, 6.45) is 6.49. The van der Waals surface area contributed by atoms with Gasteiger partial charge in [-0.1, -0.05) is 11.9 Å². The van der Waals surface area contributed by atoms with E-state index in [-0.39, 0.29) is 11.7 Å². The Balaban J connectivity index is 1.64. The minimum Gasteiger partial charge on any atom is -0.344 e. The van der Waals surface area contributed by atoms with E-state index in [1.165, 1.54) is 12.8 Å². The highest BCUT2D eigenvalue weighted by Crippen LogP contribution is 2.41. The average Bonchev–Trinajstić information content (AvgIpc) is 3.25. The highest BCUT2D eigenvalue weighted by Gasteiger charge is 2.31. The van der Waals surface area contributed by atoms with Crippen molar-refractivity contribution in [1.29, 1.82) is 5.26 Å². The van der Waals surface area contributed by atoms with Gasteiger partial charge in [-0.25, -0.2) is 4.39 Å². The van der Waals surface area contributed by atoms with Crippen LogP contribution in [-0.2, 0) is 6.54 Å². The summed E-state index contributed by atoms with van der Waals surface area (Å²) < 4.78 is 20.1. The van der Waals surface area contributed by atoms with Crippen LogP contribution in [0.3, 0.4) is 0 Å². The van der Waals surface area contributed by atoms with Crippen LogP contribution in [0, 0.1) is 23.1 Å². The van der Waals surface area contributed by atoms with Gasteiger partial charge in [0.1, 0.15) is 5.82 Å². The number of hydrogen-bond donors (Lipinski definition) is 1. The average molecular weight is 394 g/mol. The van der Waals surface area contributed by atoms with E-state index in [9.17, 15) is 4.39 Å².